The SMILES string of the molecule is Cc1ccc(C(CN)Oc2cccc(Cl)c2Cl)cc1. The first-order valence-corrected chi connectivity index (χ1v) is 6.74. The lowest BCUT2D eigenvalue weighted by molar-refractivity contribution is 0.214. The highest BCUT2D eigenvalue weighted by Crippen LogP contribution is 2.34. The van der Waals surface area contributed by atoms with Crippen molar-refractivity contribution >= 4 is 23.2 Å². The van der Waals surface area contributed by atoms with Gasteiger partial charge in [-0.15, -0.1) is 0 Å². The number of nitrogens with two attached hydrogens (primary N) is 1. The Morgan fingerprint density at radius 1 is 1.11 bits per heavy atom. The molecule has 0 aliphatic heterocycles. The van der Waals surface area contributed by atoms with Crippen molar-refractivity contribution in [3.8, 4) is 5.75 Å². The molecule has 0 fully saturated rings. The average Bonchev–Trinajstić information content (AvgIpc) is 2.42. The minimum atomic E-state index is -0.239. The van der Waals surface area contributed by atoms with Crippen LogP contribution in [0.4, 0.5) is 0 Å². The molecule has 19 heavy (non-hydrogen) atoms. The van der Waals surface area contributed by atoms with Crippen LogP contribution in [-0.4, -0.2) is 6.54 Å². The van der Waals surface area contributed by atoms with Gasteiger partial charge >= 0.3 is 0 Å². The Labute approximate surface area is 123 Å². The minimum Gasteiger partial charge on any atom is -0.483 e. The summed E-state index contributed by atoms with van der Waals surface area (Å²) in [7, 11) is 0. The highest BCUT2D eigenvalue weighted by atomic mass is 35.5. The summed E-state index contributed by atoms with van der Waals surface area (Å²) in [5, 5.41) is 0.883. The predicted molar refractivity (Wildman–Crippen MR) is 80.1 cm³/mol. The molecule has 2 nitrogen and oxygen atoms in total. The van der Waals surface area contributed by atoms with Crippen molar-refractivity contribution in [2.24, 2.45) is 5.73 Å². The lowest BCUT2D eigenvalue weighted by Crippen LogP contribution is -2.18. The van der Waals surface area contributed by atoms with Gasteiger partial charge in [-0.1, -0.05) is 59.1 Å². The zero-order valence-corrected chi connectivity index (χ0v) is 12.1. The van der Waals surface area contributed by atoms with Crippen LogP contribution in [0.25, 0.3) is 0 Å². The monoisotopic (exact) mass is 295 g/mol. The molecule has 0 aromatic heterocycles. The molecule has 0 heterocycles. The van der Waals surface area contributed by atoms with E-state index in [9.17, 15) is 0 Å². The Morgan fingerprint density at radius 2 is 1.79 bits per heavy atom. The van der Waals surface area contributed by atoms with Gasteiger partial charge in [-0.25, -0.2) is 0 Å². The fraction of sp³-hybridized carbons (Fsp3) is 0.200. The van der Waals surface area contributed by atoms with Gasteiger partial charge in [0.05, 0.1) is 5.02 Å². The van der Waals surface area contributed by atoms with E-state index in [1.807, 2.05) is 31.2 Å². The van der Waals surface area contributed by atoms with Gasteiger partial charge in [0.1, 0.15) is 16.9 Å². The van der Waals surface area contributed by atoms with Crippen LogP contribution in [0.15, 0.2) is 42.5 Å². The Balaban J connectivity index is 2.24. The van der Waals surface area contributed by atoms with E-state index in [2.05, 4.69) is 0 Å². The van der Waals surface area contributed by atoms with Gasteiger partial charge in [0.25, 0.3) is 0 Å². The van der Waals surface area contributed by atoms with Gasteiger partial charge in [-0.3, -0.25) is 0 Å². The molecule has 0 radical (unpaired) electrons. The number of halogens is 2. The summed E-state index contributed by atoms with van der Waals surface area (Å²) >= 11 is 12.1. The van der Waals surface area contributed by atoms with Crippen LogP contribution < -0.4 is 10.5 Å². The molecule has 0 aliphatic rings. The van der Waals surface area contributed by atoms with E-state index < -0.39 is 0 Å². The second kappa shape index (κ2) is 6.29. The van der Waals surface area contributed by atoms with Crippen molar-refractivity contribution in [3.05, 3.63) is 63.6 Å². The van der Waals surface area contributed by atoms with Crippen molar-refractivity contribution in [1.82, 2.24) is 0 Å². The third-order valence-electron chi connectivity index (χ3n) is 2.85. The van der Waals surface area contributed by atoms with Crippen molar-refractivity contribution in [1.29, 1.82) is 0 Å². The van der Waals surface area contributed by atoms with Crippen molar-refractivity contribution in [3.63, 3.8) is 0 Å². The lowest BCUT2D eigenvalue weighted by Gasteiger charge is -2.19. The fourth-order valence-corrected chi connectivity index (χ4v) is 2.10. The molecule has 1 unspecified atom stereocenters. The molecule has 0 spiro atoms. The fourth-order valence-electron chi connectivity index (χ4n) is 1.76. The summed E-state index contributed by atoms with van der Waals surface area (Å²) in [5.41, 5.74) is 7.99. The van der Waals surface area contributed by atoms with Gasteiger partial charge < -0.3 is 10.5 Å². The minimum absolute atomic E-state index is 0.239. The standard InChI is InChI=1S/C15H15Cl2NO/c1-10-5-7-11(8-6-10)14(9-18)19-13-4-2-3-12(16)15(13)17/h2-8,14H,9,18H2,1H3. The van der Waals surface area contributed by atoms with Crippen LogP contribution in [-0.2, 0) is 0 Å². The Kier molecular flexibility index (Phi) is 4.70. The van der Waals surface area contributed by atoms with Gasteiger partial charge in [0, 0.05) is 6.54 Å². The van der Waals surface area contributed by atoms with E-state index in [4.69, 9.17) is 33.7 Å². The number of rotatable bonds is 4. The molecular formula is C15H15Cl2NO. The van der Waals surface area contributed by atoms with E-state index >= 15 is 0 Å². The maximum atomic E-state index is 6.11. The molecule has 1 atom stereocenters. The molecule has 2 rings (SSSR count). The lowest BCUT2D eigenvalue weighted by atomic mass is 10.1. The Bertz CT molecular complexity index is 555. The molecule has 4 heteroatoms. The van der Waals surface area contributed by atoms with Crippen LogP contribution in [0.5, 0.6) is 5.75 Å². The second-order valence-electron chi connectivity index (χ2n) is 4.30. The van der Waals surface area contributed by atoms with Gasteiger partial charge in [0.15, 0.2) is 0 Å². The van der Waals surface area contributed by atoms with E-state index in [1.54, 1.807) is 18.2 Å². The Hall–Kier alpha value is -1.22. The maximum Gasteiger partial charge on any atom is 0.140 e. The third-order valence-corrected chi connectivity index (χ3v) is 3.65. The van der Waals surface area contributed by atoms with Crippen LogP contribution in [0, 0.1) is 6.92 Å². The number of hydrogen-bond acceptors (Lipinski definition) is 2. The molecule has 2 aromatic rings. The molecule has 2 aromatic carbocycles. The summed E-state index contributed by atoms with van der Waals surface area (Å²) in [5.74, 6) is 0.546. The summed E-state index contributed by atoms with van der Waals surface area (Å²) < 4.78 is 5.86. The van der Waals surface area contributed by atoms with Crippen molar-refractivity contribution in [2.75, 3.05) is 6.54 Å². The molecule has 100 valence electrons. The summed E-state index contributed by atoms with van der Waals surface area (Å²) in [6.45, 7) is 2.40. The first-order chi connectivity index (χ1) is 9.11. The summed E-state index contributed by atoms with van der Waals surface area (Å²) in [6.07, 6.45) is -0.239. The number of hydrogen-bond donors (Lipinski definition) is 1. The highest BCUT2D eigenvalue weighted by Gasteiger charge is 2.14. The smallest absolute Gasteiger partial charge is 0.140 e. The van der Waals surface area contributed by atoms with E-state index in [-0.39, 0.29) is 6.10 Å². The third kappa shape index (κ3) is 3.41. The van der Waals surface area contributed by atoms with E-state index in [0.29, 0.717) is 22.3 Å². The molecule has 0 saturated heterocycles. The quantitative estimate of drug-likeness (QED) is 0.908. The molecule has 0 aliphatic carbocycles. The van der Waals surface area contributed by atoms with E-state index in [1.165, 1.54) is 5.56 Å². The van der Waals surface area contributed by atoms with Crippen LogP contribution in [0.3, 0.4) is 0 Å². The predicted octanol–water partition coefficient (Wildman–Crippen LogP) is 4.38. The molecule has 0 amide bonds. The van der Waals surface area contributed by atoms with Crippen LogP contribution >= 0.6 is 23.2 Å². The molecular weight excluding hydrogens is 281 g/mol. The zero-order chi connectivity index (χ0) is 13.8. The summed E-state index contributed by atoms with van der Waals surface area (Å²) in [6, 6.07) is 13.4. The average molecular weight is 296 g/mol. The van der Waals surface area contributed by atoms with Crippen molar-refractivity contribution in [2.45, 2.75) is 13.0 Å². The normalized spacial score (nSPS) is 12.2. The van der Waals surface area contributed by atoms with E-state index in [0.717, 1.165) is 5.56 Å². The van der Waals surface area contributed by atoms with Crippen LogP contribution in [0.2, 0.25) is 10.0 Å². The van der Waals surface area contributed by atoms with Gasteiger partial charge in [-0.2, -0.15) is 0 Å². The first kappa shape index (κ1) is 14.2. The number of aryl methyl sites for hydroxylation is 1. The Morgan fingerprint density at radius 3 is 2.42 bits per heavy atom. The maximum absolute atomic E-state index is 6.11. The van der Waals surface area contributed by atoms with Crippen molar-refractivity contribution < 1.29 is 4.74 Å². The molecule has 0 bridgehead atoms. The van der Waals surface area contributed by atoms with Gasteiger partial charge in [-0.05, 0) is 24.6 Å². The molecule has 0 saturated carbocycles. The topological polar surface area (TPSA) is 35.2 Å². The summed E-state index contributed by atoms with van der Waals surface area (Å²) in [4.78, 5) is 0. The largest absolute Gasteiger partial charge is 0.483 e. The van der Waals surface area contributed by atoms with Crippen LogP contribution in [0.1, 0.15) is 17.2 Å². The molecule has 2 N–H and O–H groups in total. The second-order valence-corrected chi connectivity index (χ2v) is 5.09. The van der Waals surface area contributed by atoms with Gasteiger partial charge in [0.2, 0.25) is 0 Å². The highest BCUT2D eigenvalue weighted by molar-refractivity contribution is 6.42. The number of benzene rings is 2. The zero-order valence-electron chi connectivity index (χ0n) is 10.6. The first-order valence-electron chi connectivity index (χ1n) is 5.99. The number of ether oxygens (including phenoxy) is 1.